The monoisotopic (exact) mass is 343 g/mol. The molecule has 21 heavy (non-hydrogen) atoms. The van der Waals surface area contributed by atoms with Gasteiger partial charge in [-0.25, -0.2) is 4.39 Å². The summed E-state index contributed by atoms with van der Waals surface area (Å²) in [5, 5.41) is 4.23. The standard InChI is InChI=1S/C16H16Cl2FNS/c1-2-7-20-10-11-3-6-16(15(19)8-11)21-12-4-5-13(17)14(18)9-12/h3-6,8-9,20H,2,7,10H2,1H3. The zero-order chi connectivity index (χ0) is 15.2. The first kappa shape index (κ1) is 16.6. The second-order valence-electron chi connectivity index (χ2n) is 4.62. The minimum Gasteiger partial charge on any atom is -0.313 e. The number of benzene rings is 2. The van der Waals surface area contributed by atoms with E-state index in [0.717, 1.165) is 23.4 Å². The van der Waals surface area contributed by atoms with Crippen LogP contribution >= 0.6 is 35.0 Å². The van der Waals surface area contributed by atoms with Crippen LogP contribution in [0.25, 0.3) is 0 Å². The molecule has 0 unspecified atom stereocenters. The zero-order valence-corrected chi connectivity index (χ0v) is 14.0. The van der Waals surface area contributed by atoms with Gasteiger partial charge in [-0.15, -0.1) is 0 Å². The maximum Gasteiger partial charge on any atom is 0.137 e. The van der Waals surface area contributed by atoms with Crippen molar-refractivity contribution in [3.8, 4) is 0 Å². The van der Waals surface area contributed by atoms with Gasteiger partial charge in [-0.3, -0.25) is 0 Å². The third kappa shape index (κ3) is 4.89. The lowest BCUT2D eigenvalue weighted by Gasteiger charge is -2.08. The van der Waals surface area contributed by atoms with Crippen molar-refractivity contribution in [1.82, 2.24) is 5.32 Å². The molecule has 0 spiro atoms. The van der Waals surface area contributed by atoms with Crippen molar-refractivity contribution in [2.45, 2.75) is 29.7 Å². The van der Waals surface area contributed by atoms with Gasteiger partial charge in [0.1, 0.15) is 5.82 Å². The highest BCUT2D eigenvalue weighted by molar-refractivity contribution is 7.99. The number of hydrogen-bond donors (Lipinski definition) is 1. The Labute approximate surface area is 138 Å². The average Bonchev–Trinajstić information content (AvgIpc) is 2.46. The first-order valence-corrected chi connectivity index (χ1v) is 8.29. The van der Waals surface area contributed by atoms with Crippen molar-refractivity contribution in [2.75, 3.05) is 6.54 Å². The van der Waals surface area contributed by atoms with Gasteiger partial charge < -0.3 is 5.32 Å². The molecule has 0 aliphatic carbocycles. The molecular formula is C16H16Cl2FNS. The Kier molecular flexibility index (Phi) is 6.37. The predicted molar refractivity (Wildman–Crippen MR) is 89.0 cm³/mol. The molecule has 0 atom stereocenters. The lowest BCUT2D eigenvalue weighted by molar-refractivity contribution is 0.595. The largest absolute Gasteiger partial charge is 0.313 e. The summed E-state index contributed by atoms with van der Waals surface area (Å²) in [6.07, 6.45) is 1.06. The Morgan fingerprint density at radius 3 is 2.57 bits per heavy atom. The Hall–Kier alpha value is -0.740. The van der Waals surface area contributed by atoms with Gasteiger partial charge in [0.2, 0.25) is 0 Å². The molecule has 0 saturated heterocycles. The molecule has 2 aromatic rings. The molecule has 0 aliphatic heterocycles. The molecule has 2 aromatic carbocycles. The lowest BCUT2D eigenvalue weighted by Crippen LogP contribution is -2.13. The average molecular weight is 344 g/mol. The van der Waals surface area contributed by atoms with Crippen LogP contribution in [0, 0.1) is 5.82 Å². The predicted octanol–water partition coefficient (Wildman–Crippen LogP) is 5.78. The summed E-state index contributed by atoms with van der Waals surface area (Å²) >= 11 is 13.2. The van der Waals surface area contributed by atoms with E-state index in [1.165, 1.54) is 11.8 Å². The van der Waals surface area contributed by atoms with Gasteiger partial charge in [0.05, 0.1) is 10.0 Å². The summed E-state index contributed by atoms with van der Waals surface area (Å²) in [5.41, 5.74) is 0.944. The molecule has 0 bridgehead atoms. The van der Waals surface area contributed by atoms with Crippen LogP contribution in [0.15, 0.2) is 46.2 Å². The number of hydrogen-bond acceptors (Lipinski definition) is 2. The fourth-order valence-electron chi connectivity index (χ4n) is 1.81. The molecule has 0 aliphatic rings. The normalized spacial score (nSPS) is 10.9. The molecule has 0 amide bonds. The van der Waals surface area contributed by atoms with Gasteiger partial charge in [0.15, 0.2) is 0 Å². The summed E-state index contributed by atoms with van der Waals surface area (Å²) in [4.78, 5) is 1.44. The number of rotatable bonds is 6. The van der Waals surface area contributed by atoms with Crippen LogP contribution in [0.1, 0.15) is 18.9 Å². The third-order valence-electron chi connectivity index (χ3n) is 2.87. The van der Waals surface area contributed by atoms with E-state index in [2.05, 4.69) is 12.2 Å². The van der Waals surface area contributed by atoms with Gasteiger partial charge in [0, 0.05) is 16.3 Å². The van der Waals surface area contributed by atoms with Crippen molar-refractivity contribution in [2.24, 2.45) is 0 Å². The Balaban J connectivity index is 2.08. The van der Waals surface area contributed by atoms with Gasteiger partial charge >= 0.3 is 0 Å². The van der Waals surface area contributed by atoms with E-state index in [1.54, 1.807) is 24.3 Å². The van der Waals surface area contributed by atoms with Crippen LogP contribution in [0.2, 0.25) is 10.0 Å². The van der Waals surface area contributed by atoms with E-state index >= 15 is 0 Å². The first-order chi connectivity index (χ1) is 10.1. The SMILES string of the molecule is CCCNCc1ccc(Sc2ccc(Cl)c(Cl)c2)c(F)c1. The Morgan fingerprint density at radius 1 is 1.10 bits per heavy atom. The molecule has 112 valence electrons. The fraction of sp³-hybridized carbons (Fsp3) is 0.250. The van der Waals surface area contributed by atoms with Gasteiger partial charge in [-0.05, 0) is 48.9 Å². The molecule has 2 rings (SSSR count). The highest BCUT2D eigenvalue weighted by Gasteiger charge is 2.07. The van der Waals surface area contributed by atoms with E-state index in [1.807, 2.05) is 12.1 Å². The van der Waals surface area contributed by atoms with Gasteiger partial charge in [0.25, 0.3) is 0 Å². The summed E-state index contributed by atoms with van der Waals surface area (Å²) in [5.74, 6) is -0.220. The van der Waals surface area contributed by atoms with E-state index in [4.69, 9.17) is 23.2 Å². The van der Waals surface area contributed by atoms with Crippen molar-refractivity contribution < 1.29 is 4.39 Å². The quantitative estimate of drug-likeness (QED) is 0.666. The topological polar surface area (TPSA) is 12.0 Å². The van der Waals surface area contributed by atoms with Crippen LogP contribution in [0.5, 0.6) is 0 Å². The van der Waals surface area contributed by atoms with Crippen LogP contribution in [0.4, 0.5) is 4.39 Å². The summed E-state index contributed by atoms with van der Waals surface area (Å²) < 4.78 is 14.1. The number of nitrogens with one attached hydrogen (secondary N) is 1. The molecule has 0 heterocycles. The molecule has 0 saturated carbocycles. The molecular weight excluding hydrogens is 328 g/mol. The lowest BCUT2D eigenvalue weighted by atomic mass is 10.2. The Morgan fingerprint density at radius 2 is 1.90 bits per heavy atom. The van der Waals surface area contributed by atoms with Gasteiger partial charge in [-0.1, -0.05) is 48.0 Å². The van der Waals surface area contributed by atoms with Gasteiger partial charge in [-0.2, -0.15) is 0 Å². The molecule has 5 heteroatoms. The fourth-order valence-corrected chi connectivity index (χ4v) is 3.04. The maximum absolute atomic E-state index is 14.1. The van der Waals surface area contributed by atoms with Crippen molar-refractivity contribution in [1.29, 1.82) is 0 Å². The van der Waals surface area contributed by atoms with Crippen molar-refractivity contribution >= 4 is 35.0 Å². The first-order valence-electron chi connectivity index (χ1n) is 6.72. The minimum absolute atomic E-state index is 0.220. The Bertz CT molecular complexity index is 619. The number of halogens is 3. The highest BCUT2D eigenvalue weighted by atomic mass is 35.5. The summed E-state index contributed by atoms with van der Waals surface area (Å²) in [6.45, 7) is 3.72. The summed E-state index contributed by atoms with van der Waals surface area (Å²) in [7, 11) is 0. The second-order valence-corrected chi connectivity index (χ2v) is 6.55. The molecule has 0 fully saturated rings. The van der Waals surface area contributed by atoms with Crippen LogP contribution in [-0.2, 0) is 6.54 Å². The molecule has 1 nitrogen and oxygen atoms in total. The van der Waals surface area contributed by atoms with Crippen LogP contribution < -0.4 is 5.32 Å². The van der Waals surface area contributed by atoms with E-state index in [9.17, 15) is 4.39 Å². The van der Waals surface area contributed by atoms with Crippen molar-refractivity contribution in [3.63, 3.8) is 0 Å². The summed E-state index contributed by atoms with van der Waals surface area (Å²) in [6, 6.07) is 10.6. The maximum atomic E-state index is 14.1. The molecule has 0 aromatic heterocycles. The molecule has 0 radical (unpaired) electrons. The second kappa shape index (κ2) is 8.04. The van der Waals surface area contributed by atoms with E-state index in [-0.39, 0.29) is 5.82 Å². The van der Waals surface area contributed by atoms with E-state index in [0.29, 0.717) is 21.5 Å². The van der Waals surface area contributed by atoms with Crippen LogP contribution in [-0.4, -0.2) is 6.54 Å². The smallest absolute Gasteiger partial charge is 0.137 e. The van der Waals surface area contributed by atoms with Crippen LogP contribution in [0.3, 0.4) is 0 Å². The van der Waals surface area contributed by atoms with Crippen molar-refractivity contribution in [3.05, 3.63) is 57.8 Å². The minimum atomic E-state index is -0.220. The zero-order valence-electron chi connectivity index (χ0n) is 11.6. The van der Waals surface area contributed by atoms with E-state index < -0.39 is 0 Å². The molecule has 1 N–H and O–H groups in total. The highest BCUT2D eigenvalue weighted by Crippen LogP contribution is 2.34. The third-order valence-corrected chi connectivity index (χ3v) is 4.65.